The van der Waals surface area contributed by atoms with Gasteiger partial charge in [-0.1, -0.05) is 12.1 Å². The second-order valence-corrected chi connectivity index (χ2v) is 8.36. The monoisotopic (exact) mass is 478 g/mol. The number of likely N-dealkylation sites (N-methyl/N-ethyl adjacent to an activating group) is 1. The predicted molar refractivity (Wildman–Crippen MR) is 116 cm³/mol. The molecule has 1 amide bonds. The van der Waals surface area contributed by atoms with Crippen molar-refractivity contribution in [2.45, 2.75) is 36.6 Å². The molecular weight excluding hydrogens is 451 g/mol. The molecule has 0 aromatic heterocycles. The maximum Gasteiger partial charge on any atom is 0.255 e. The number of hydrazine groups is 2. The first kappa shape index (κ1) is 24.3. The average molecular weight is 478 g/mol. The summed E-state index contributed by atoms with van der Waals surface area (Å²) >= 11 is 0. The molecule has 34 heavy (non-hydrogen) atoms. The van der Waals surface area contributed by atoms with Gasteiger partial charge in [-0.15, -0.1) is 0 Å². The Labute approximate surface area is 194 Å². The minimum Gasteiger partial charge on any atom is -0.504 e. The number of nitrogens with one attached hydrogen (secondary N) is 2. The molecule has 0 radical (unpaired) electrons. The number of nitrogens with zero attached hydrogens (tertiary/aromatic N) is 2. The van der Waals surface area contributed by atoms with Gasteiger partial charge >= 0.3 is 0 Å². The van der Waals surface area contributed by atoms with Crippen LogP contribution in [0.1, 0.15) is 22.0 Å². The van der Waals surface area contributed by atoms with Crippen LogP contribution in [0, 0.1) is 5.82 Å². The van der Waals surface area contributed by atoms with Crippen LogP contribution in [0.3, 0.4) is 0 Å². The van der Waals surface area contributed by atoms with Crippen LogP contribution in [0.5, 0.6) is 11.5 Å². The lowest BCUT2D eigenvalue weighted by molar-refractivity contribution is -0.244. The zero-order valence-corrected chi connectivity index (χ0v) is 18.2. The molecule has 1 unspecified atom stereocenters. The zero-order valence-electron chi connectivity index (χ0n) is 18.2. The molecule has 0 bridgehead atoms. The standard InChI is InChI=1S/C22H27FN4O7/c1-26(21(33)12-5-6-15(29)16(30)8-12)22-20(32)18(19(31)17(10-28)34-22)27-9-14(24-25-27)11-3-2-4-13(23)7-11/h2-8,14,17-20,22,24-25,28-32H,9-10H2,1H3/t14?,17-,18+,19+,20-,22-/m1/s1. The Balaban J connectivity index is 1.55. The smallest absolute Gasteiger partial charge is 0.255 e. The molecule has 0 saturated carbocycles. The van der Waals surface area contributed by atoms with Gasteiger partial charge in [-0.05, 0) is 35.9 Å². The van der Waals surface area contributed by atoms with Crippen LogP contribution in [0.15, 0.2) is 42.5 Å². The van der Waals surface area contributed by atoms with E-state index >= 15 is 0 Å². The van der Waals surface area contributed by atoms with E-state index in [0.717, 1.165) is 17.0 Å². The van der Waals surface area contributed by atoms with Crippen molar-refractivity contribution in [2.24, 2.45) is 0 Å². The summed E-state index contributed by atoms with van der Waals surface area (Å²) in [5.41, 5.74) is 6.54. The largest absolute Gasteiger partial charge is 0.504 e. The van der Waals surface area contributed by atoms with E-state index in [1.165, 1.54) is 30.3 Å². The average Bonchev–Trinajstić information content (AvgIpc) is 3.30. The van der Waals surface area contributed by atoms with Gasteiger partial charge in [-0.25, -0.2) is 14.8 Å². The maximum atomic E-state index is 13.6. The maximum absolute atomic E-state index is 13.6. The second kappa shape index (κ2) is 9.80. The Hall–Kier alpha value is -2.84. The fraction of sp³-hybridized carbons (Fsp3) is 0.409. The van der Waals surface area contributed by atoms with Crippen LogP contribution in [0.25, 0.3) is 0 Å². The van der Waals surface area contributed by atoms with Gasteiger partial charge in [0.2, 0.25) is 0 Å². The third kappa shape index (κ3) is 4.57. The number of hydrogen-bond acceptors (Lipinski definition) is 10. The number of benzene rings is 2. The van der Waals surface area contributed by atoms with Crippen molar-refractivity contribution in [3.05, 3.63) is 59.4 Å². The Morgan fingerprint density at radius 3 is 2.62 bits per heavy atom. The Bertz CT molecular complexity index is 1040. The fourth-order valence-electron chi connectivity index (χ4n) is 4.30. The molecule has 11 nitrogen and oxygen atoms in total. The molecule has 2 aromatic rings. The number of ether oxygens (including phenoxy) is 1. The molecule has 184 valence electrons. The van der Waals surface area contributed by atoms with Crippen molar-refractivity contribution in [2.75, 3.05) is 20.2 Å². The summed E-state index contributed by atoms with van der Waals surface area (Å²) in [5, 5.41) is 52.4. The Morgan fingerprint density at radius 1 is 1.18 bits per heavy atom. The van der Waals surface area contributed by atoms with Crippen molar-refractivity contribution < 1.29 is 39.5 Å². The van der Waals surface area contributed by atoms with Crippen molar-refractivity contribution >= 4 is 5.91 Å². The molecule has 2 heterocycles. The minimum atomic E-state index is -1.42. The van der Waals surface area contributed by atoms with Gasteiger partial charge in [0.1, 0.15) is 24.1 Å². The first-order valence-corrected chi connectivity index (χ1v) is 10.7. The molecule has 7 N–H and O–H groups in total. The molecule has 12 heteroatoms. The topological polar surface area (TPSA) is 158 Å². The van der Waals surface area contributed by atoms with E-state index in [1.807, 2.05) is 0 Å². The van der Waals surface area contributed by atoms with Crippen molar-refractivity contribution in [1.82, 2.24) is 20.9 Å². The number of aliphatic hydroxyl groups excluding tert-OH is 3. The van der Waals surface area contributed by atoms with Gasteiger partial charge in [0, 0.05) is 19.2 Å². The number of aliphatic hydroxyl groups is 3. The number of carbonyl (C=O) groups excluding carboxylic acids is 1. The van der Waals surface area contributed by atoms with E-state index in [0.29, 0.717) is 5.56 Å². The molecule has 2 aliphatic rings. The van der Waals surface area contributed by atoms with Gasteiger partial charge < -0.3 is 35.2 Å². The van der Waals surface area contributed by atoms with Crippen molar-refractivity contribution in [1.29, 1.82) is 0 Å². The molecule has 2 aromatic carbocycles. The molecule has 6 atom stereocenters. The number of halogens is 1. The zero-order chi connectivity index (χ0) is 24.6. The summed E-state index contributed by atoms with van der Waals surface area (Å²) in [6.07, 6.45) is -5.11. The van der Waals surface area contributed by atoms with Crippen molar-refractivity contribution in [3.63, 3.8) is 0 Å². The molecule has 2 fully saturated rings. The lowest BCUT2D eigenvalue weighted by atomic mass is 9.93. The summed E-state index contributed by atoms with van der Waals surface area (Å²) in [6, 6.07) is 8.18. The summed E-state index contributed by atoms with van der Waals surface area (Å²) in [7, 11) is 1.37. The predicted octanol–water partition coefficient (Wildman–Crippen LogP) is -0.817. The molecule has 4 rings (SSSR count). The summed E-state index contributed by atoms with van der Waals surface area (Å²) in [5.74, 6) is -1.90. The van der Waals surface area contributed by atoms with Crippen LogP contribution in [-0.4, -0.2) is 92.1 Å². The molecule has 2 saturated heterocycles. The highest BCUT2D eigenvalue weighted by Gasteiger charge is 2.50. The van der Waals surface area contributed by atoms with Crippen LogP contribution in [0.4, 0.5) is 4.39 Å². The summed E-state index contributed by atoms with van der Waals surface area (Å²) < 4.78 is 19.3. The van der Waals surface area contributed by atoms with Crippen LogP contribution in [0.2, 0.25) is 0 Å². The van der Waals surface area contributed by atoms with E-state index in [2.05, 4.69) is 11.0 Å². The normalized spacial score (nSPS) is 29.8. The number of phenols is 2. The number of aromatic hydroxyl groups is 2. The summed E-state index contributed by atoms with van der Waals surface area (Å²) in [4.78, 5) is 14.1. The molecule has 0 aliphatic carbocycles. The highest BCUT2D eigenvalue weighted by atomic mass is 19.1. The van der Waals surface area contributed by atoms with Crippen molar-refractivity contribution in [3.8, 4) is 11.5 Å². The van der Waals surface area contributed by atoms with E-state index in [4.69, 9.17) is 4.74 Å². The minimum absolute atomic E-state index is 0.0314. The lowest BCUT2D eigenvalue weighted by Gasteiger charge is -2.47. The molecular formula is C22H27FN4O7. The first-order chi connectivity index (χ1) is 16.2. The lowest BCUT2D eigenvalue weighted by Crippen LogP contribution is -2.69. The SMILES string of the molecule is CN(C(=O)c1ccc(O)c(O)c1)[C@@H]1O[C@H](CO)[C@H](O)[C@H](N2CC(c3cccc(F)c3)NN2)[C@H]1O. The highest BCUT2D eigenvalue weighted by Crippen LogP contribution is 2.31. The van der Waals surface area contributed by atoms with Crippen LogP contribution >= 0.6 is 0 Å². The fourth-order valence-corrected chi connectivity index (χ4v) is 4.30. The van der Waals surface area contributed by atoms with Crippen LogP contribution < -0.4 is 11.0 Å². The van der Waals surface area contributed by atoms with E-state index in [-0.39, 0.29) is 18.2 Å². The van der Waals surface area contributed by atoms with Gasteiger partial charge in [0.05, 0.1) is 18.7 Å². The van der Waals surface area contributed by atoms with E-state index in [1.54, 1.807) is 12.1 Å². The van der Waals surface area contributed by atoms with Crippen LogP contribution in [-0.2, 0) is 4.74 Å². The Kier molecular flexibility index (Phi) is 7.00. The van der Waals surface area contributed by atoms with Gasteiger partial charge in [-0.3, -0.25) is 4.79 Å². The Morgan fingerprint density at radius 2 is 1.94 bits per heavy atom. The number of carbonyl (C=O) groups is 1. The third-order valence-electron chi connectivity index (χ3n) is 6.16. The first-order valence-electron chi connectivity index (χ1n) is 10.7. The summed E-state index contributed by atoms with van der Waals surface area (Å²) in [6.45, 7) is -0.339. The molecule has 2 aliphatic heterocycles. The number of hydrogen-bond donors (Lipinski definition) is 7. The number of amides is 1. The van der Waals surface area contributed by atoms with Gasteiger partial charge in [-0.2, -0.15) is 5.53 Å². The second-order valence-electron chi connectivity index (χ2n) is 8.36. The van der Waals surface area contributed by atoms with Gasteiger partial charge in [0.25, 0.3) is 5.91 Å². The third-order valence-corrected chi connectivity index (χ3v) is 6.16. The highest BCUT2D eigenvalue weighted by molar-refractivity contribution is 5.94. The number of phenolic OH excluding ortho intramolecular Hbond substituents is 2. The molecule has 0 spiro atoms. The van der Waals surface area contributed by atoms with E-state index in [9.17, 15) is 34.7 Å². The number of rotatable bonds is 5. The quantitative estimate of drug-likeness (QED) is 0.271. The van der Waals surface area contributed by atoms with E-state index < -0.39 is 60.4 Å². The van der Waals surface area contributed by atoms with Gasteiger partial charge in [0.15, 0.2) is 17.7 Å².